The number of ether oxygens (including phenoxy) is 2. The lowest BCUT2D eigenvalue weighted by atomic mass is 10.1. The highest BCUT2D eigenvalue weighted by molar-refractivity contribution is 5.33. The first-order valence-electron chi connectivity index (χ1n) is 6.42. The molecule has 2 aromatic carbocycles. The molecule has 0 aliphatic heterocycles. The Morgan fingerprint density at radius 3 is 2.53 bits per heavy atom. The molecule has 3 nitrogen and oxygen atoms in total. The van der Waals surface area contributed by atoms with Crippen molar-refractivity contribution in [2.75, 3.05) is 13.2 Å². The summed E-state index contributed by atoms with van der Waals surface area (Å²) in [4.78, 5) is 0. The second-order valence-corrected chi connectivity index (χ2v) is 4.16. The van der Waals surface area contributed by atoms with Crippen LogP contribution in [-0.2, 0) is 6.42 Å². The van der Waals surface area contributed by atoms with Crippen molar-refractivity contribution < 1.29 is 14.6 Å². The topological polar surface area (TPSA) is 38.7 Å². The van der Waals surface area contributed by atoms with Crippen LogP contribution in [-0.4, -0.2) is 18.3 Å². The SMILES string of the molecule is CCc1ccccc1OCCOc1cccc(O)c1. The van der Waals surface area contributed by atoms with Gasteiger partial charge in [-0.1, -0.05) is 31.2 Å². The van der Waals surface area contributed by atoms with Gasteiger partial charge in [0.05, 0.1) is 0 Å². The normalized spacial score (nSPS) is 10.2. The third-order valence-electron chi connectivity index (χ3n) is 2.78. The van der Waals surface area contributed by atoms with Gasteiger partial charge < -0.3 is 14.6 Å². The maximum Gasteiger partial charge on any atom is 0.123 e. The zero-order valence-electron chi connectivity index (χ0n) is 11.0. The molecule has 3 heteroatoms. The van der Waals surface area contributed by atoms with E-state index < -0.39 is 0 Å². The Kier molecular flexibility index (Phi) is 4.67. The molecular weight excluding hydrogens is 240 g/mol. The minimum absolute atomic E-state index is 0.203. The summed E-state index contributed by atoms with van der Waals surface area (Å²) < 4.78 is 11.2. The van der Waals surface area contributed by atoms with Gasteiger partial charge in [-0.25, -0.2) is 0 Å². The van der Waals surface area contributed by atoms with Crippen LogP contribution in [0.4, 0.5) is 0 Å². The summed E-state index contributed by atoms with van der Waals surface area (Å²) in [6, 6.07) is 14.7. The Bertz CT molecular complexity index is 523. The number of hydrogen-bond acceptors (Lipinski definition) is 3. The first-order valence-corrected chi connectivity index (χ1v) is 6.42. The Morgan fingerprint density at radius 1 is 0.947 bits per heavy atom. The fourth-order valence-electron chi connectivity index (χ4n) is 1.82. The number of phenols is 1. The van der Waals surface area contributed by atoms with E-state index in [1.165, 1.54) is 5.56 Å². The smallest absolute Gasteiger partial charge is 0.123 e. The third kappa shape index (κ3) is 3.91. The molecule has 0 unspecified atom stereocenters. The van der Waals surface area contributed by atoms with E-state index in [0.29, 0.717) is 19.0 Å². The van der Waals surface area contributed by atoms with Gasteiger partial charge in [0.2, 0.25) is 0 Å². The van der Waals surface area contributed by atoms with E-state index in [0.717, 1.165) is 12.2 Å². The highest BCUT2D eigenvalue weighted by atomic mass is 16.5. The van der Waals surface area contributed by atoms with Gasteiger partial charge in [0, 0.05) is 6.07 Å². The molecule has 0 aliphatic carbocycles. The molecule has 0 saturated carbocycles. The van der Waals surface area contributed by atoms with E-state index in [9.17, 15) is 5.11 Å². The average Bonchev–Trinajstić information content (AvgIpc) is 2.44. The minimum Gasteiger partial charge on any atom is -0.508 e. The summed E-state index contributed by atoms with van der Waals surface area (Å²) in [7, 11) is 0. The van der Waals surface area contributed by atoms with Crippen LogP contribution in [0.3, 0.4) is 0 Å². The largest absolute Gasteiger partial charge is 0.508 e. The van der Waals surface area contributed by atoms with Crippen molar-refractivity contribution in [3.05, 3.63) is 54.1 Å². The zero-order chi connectivity index (χ0) is 13.5. The average molecular weight is 258 g/mol. The molecule has 0 saturated heterocycles. The molecule has 0 amide bonds. The van der Waals surface area contributed by atoms with Crippen LogP contribution < -0.4 is 9.47 Å². The van der Waals surface area contributed by atoms with Crippen LogP contribution in [0.1, 0.15) is 12.5 Å². The summed E-state index contributed by atoms with van der Waals surface area (Å²) in [6.07, 6.45) is 0.948. The second-order valence-electron chi connectivity index (χ2n) is 4.16. The van der Waals surface area contributed by atoms with Crippen LogP contribution in [0.2, 0.25) is 0 Å². The van der Waals surface area contributed by atoms with E-state index in [1.807, 2.05) is 18.2 Å². The van der Waals surface area contributed by atoms with Crippen molar-refractivity contribution in [2.24, 2.45) is 0 Å². The number of aryl methyl sites for hydroxylation is 1. The van der Waals surface area contributed by atoms with E-state index in [4.69, 9.17) is 9.47 Å². The van der Waals surface area contributed by atoms with Gasteiger partial charge in [-0.15, -0.1) is 0 Å². The molecule has 19 heavy (non-hydrogen) atoms. The fourth-order valence-corrected chi connectivity index (χ4v) is 1.82. The molecule has 0 radical (unpaired) electrons. The third-order valence-corrected chi connectivity index (χ3v) is 2.78. The van der Waals surface area contributed by atoms with E-state index in [-0.39, 0.29) is 5.75 Å². The lowest BCUT2D eigenvalue weighted by Crippen LogP contribution is -2.09. The quantitative estimate of drug-likeness (QED) is 0.807. The van der Waals surface area contributed by atoms with Crippen LogP contribution in [0, 0.1) is 0 Å². The van der Waals surface area contributed by atoms with Crippen LogP contribution >= 0.6 is 0 Å². The maximum atomic E-state index is 9.30. The van der Waals surface area contributed by atoms with E-state index in [2.05, 4.69) is 13.0 Å². The molecule has 0 atom stereocenters. The molecule has 0 aromatic heterocycles. The molecule has 1 N–H and O–H groups in total. The first-order chi connectivity index (χ1) is 9.29. The summed E-state index contributed by atoms with van der Waals surface area (Å²) in [5, 5.41) is 9.30. The van der Waals surface area contributed by atoms with Gasteiger partial charge in [-0.05, 0) is 30.2 Å². The summed E-state index contributed by atoms with van der Waals surface area (Å²) >= 11 is 0. The molecule has 100 valence electrons. The van der Waals surface area contributed by atoms with Crippen LogP contribution in [0.25, 0.3) is 0 Å². The minimum atomic E-state index is 0.203. The van der Waals surface area contributed by atoms with Gasteiger partial charge >= 0.3 is 0 Å². The van der Waals surface area contributed by atoms with Gasteiger partial charge in [0.25, 0.3) is 0 Å². The van der Waals surface area contributed by atoms with Crippen molar-refractivity contribution in [1.82, 2.24) is 0 Å². The number of rotatable bonds is 6. The summed E-state index contributed by atoms with van der Waals surface area (Å²) in [5.41, 5.74) is 1.19. The highest BCUT2D eigenvalue weighted by Gasteiger charge is 2.01. The molecule has 2 rings (SSSR count). The lowest BCUT2D eigenvalue weighted by molar-refractivity contribution is 0.215. The number of hydrogen-bond donors (Lipinski definition) is 1. The van der Waals surface area contributed by atoms with Crippen LogP contribution in [0.15, 0.2) is 48.5 Å². The number of para-hydroxylation sites is 1. The first kappa shape index (κ1) is 13.3. The number of aromatic hydroxyl groups is 1. The van der Waals surface area contributed by atoms with Crippen molar-refractivity contribution in [3.63, 3.8) is 0 Å². The van der Waals surface area contributed by atoms with Crippen molar-refractivity contribution >= 4 is 0 Å². The summed E-state index contributed by atoms with van der Waals surface area (Å²) in [6.45, 7) is 3.03. The van der Waals surface area contributed by atoms with Crippen molar-refractivity contribution in [1.29, 1.82) is 0 Å². The molecular formula is C16H18O3. The Labute approximate surface area is 113 Å². The predicted octanol–water partition coefficient (Wildman–Crippen LogP) is 3.41. The molecule has 0 fully saturated rings. The molecule has 0 aliphatic rings. The second kappa shape index (κ2) is 6.69. The van der Waals surface area contributed by atoms with Gasteiger partial charge in [-0.3, -0.25) is 0 Å². The van der Waals surface area contributed by atoms with Gasteiger partial charge in [0.1, 0.15) is 30.5 Å². The van der Waals surface area contributed by atoms with Crippen molar-refractivity contribution in [3.8, 4) is 17.2 Å². The Hall–Kier alpha value is -2.16. The van der Waals surface area contributed by atoms with Gasteiger partial charge in [-0.2, -0.15) is 0 Å². The van der Waals surface area contributed by atoms with E-state index in [1.54, 1.807) is 24.3 Å². The predicted molar refractivity (Wildman–Crippen MR) is 74.9 cm³/mol. The van der Waals surface area contributed by atoms with Crippen molar-refractivity contribution in [2.45, 2.75) is 13.3 Å². The number of benzene rings is 2. The molecule has 2 aromatic rings. The maximum absolute atomic E-state index is 9.30. The molecule has 0 spiro atoms. The lowest BCUT2D eigenvalue weighted by Gasteiger charge is -2.11. The highest BCUT2D eigenvalue weighted by Crippen LogP contribution is 2.19. The monoisotopic (exact) mass is 258 g/mol. The summed E-state index contributed by atoms with van der Waals surface area (Å²) in [5.74, 6) is 1.76. The van der Waals surface area contributed by atoms with E-state index >= 15 is 0 Å². The Morgan fingerprint density at radius 2 is 1.74 bits per heavy atom. The van der Waals surface area contributed by atoms with Crippen LogP contribution in [0.5, 0.6) is 17.2 Å². The molecule has 0 bridgehead atoms. The number of phenolic OH excluding ortho intramolecular Hbond substituents is 1. The zero-order valence-corrected chi connectivity index (χ0v) is 11.0. The fraction of sp³-hybridized carbons (Fsp3) is 0.250. The Balaban J connectivity index is 1.81. The molecule has 0 heterocycles. The van der Waals surface area contributed by atoms with Gasteiger partial charge in [0.15, 0.2) is 0 Å². The standard InChI is InChI=1S/C16H18O3/c1-2-13-6-3-4-9-16(13)19-11-10-18-15-8-5-7-14(17)12-15/h3-9,12,17H,2,10-11H2,1H3.